The molecule has 1 aromatic heterocycles. The van der Waals surface area contributed by atoms with Crippen LogP contribution in [0.25, 0.3) is 11.4 Å². The van der Waals surface area contributed by atoms with Crippen LogP contribution >= 0.6 is 0 Å². The molecule has 2 rings (SSSR count). The Morgan fingerprint density at radius 1 is 1.07 bits per heavy atom. The third-order valence-corrected chi connectivity index (χ3v) is 2.13. The molecule has 0 aliphatic rings. The van der Waals surface area contributed by atoms with Crippen LogP contribution in [0.15, 0.2) is 36.7 Å². The molecule has 0 unspecified atom stereocenters. The van der Waals surface area contributed by atoms with Crippen LogP contribution in [0, 0.1) is 6.92 Å². The van der Waals surface area contributed by atoms with Gasteiger partial charge in [-0.3, -0.25) is 0 Å². The maximum Gasteiger partial charge on any atom is 0.139 e. The molecule has 0 bridgehead atoms. The molecule has 0 amide bonds. The molecule has 2 aromatic rings. The molecule has 1 heterocycles. The van der Waals surface area contributed by atoms with E-state index in [2.05, 4.69) is 36.2 Å². The lowest BCUT2D eigenvalue weighted by Crippen LogP contribution is -1.90. The molecule has 0 fully saturated rings. The second-order valence-electron chi connectivity index (χ2n) is 3.23. The summed E-state index contributed by atoms with van der Waals surface area (Å²) in [6.45, 7) is 6.09. The molecular weight excluding hydrogens is 184 g/mol. The summed E-state index contributed by atoms with van der Waals surface area (Å²) in [4.78, 5) is 4.28. The zero-order valence-electron chi connectivity index (χ0n) is 9.86. The highest BCUT2D eigenvalue weighted by atomic mass is 15.0. The van der Waals surface area contributed by atoms with Crippen molar-refractivity contribution >= 4 is 0 Å². The van der Waals surface area contributed by atoms with E-state index < -0.39 is 0 Å². The lowest BCUT2D eigenvalue weighted by Gasteiger charge is -2.01. The summed E-state index contributed by atoms with van der Waals surface area (Å²) >= 11 is 0. The Morgan fingerprint density at radius 2 is 1.67 bits per heavy atom. The van der Waals surface area contributed by atoms with Crippen molar-refractivity contribution < 1.29 is 0 Å². The van der Waals surface area contributed by atoms with Crippen molar-refractivity contribution in [3.8, 4) is 11.4 Å². The van der Waals surface area contributed by atoms with E-state index in [9.17, 15) is 0 Å². The van der Waals surface area contributed by atoms with Crippen molar-refractivity contribution in [2.45, 2.75) is 20.8 Å². The Morgan fingerprint density at radius 3 is 2.13 bits per heavy atom. The van der Waals surface area contributed by atoms with Crippen LogP contribution in [0.1, 0.15) is 19.4 Å². The van der Waals surface area contributed by atoms with Crippen LogP contribution in [0.3, 0.4) is 0 Å². The first kappa shape index (κ1) is 11.5. The number of rotatable bonds is 1. The van der Waals surface area contributed by atoms with Crippen molar-refractivity contribution in [2.75, 3.05) is 0 Å². The van der Waals surface area contributed by atoms with Crippen molar-refractivity contribution in [3.05, 3.63) is 42.2 Å². The van der Waals surface area contributed by atoms with Gasteiger partial charge in [0, 0.05) is 25.0 Å². The van der Waals surface area contributed by atoms with Gasteiger partial charge in [0.15, 0.2) is 0 Å². The Kier molecular flexibility index (Phi) is 4.10. The highest BCUT2D eigenvalue weighted by Gasteiger charge is 2.00. The molecule has 0 N–H and O–H groups in total. The number of nitrogens with zero attached hydrogens (tertiary/aromatic N) is 2. The van der Waals surface area contributed by atoms with Crippen LogP contribution in [-0.4, -0.2) is 9.55 Å². The molecule has 0 atom stereocenters. The molecule has 0 saturated heterocycles. The molecule has 15 heavy (non-hydrogen) atoms. The standard InChI is InChI=1S/C11H12N2.C2H6/c1-9-3-5-10(6-4-9)11-12-7-8-13(11)2;1-2/h3-8H,1-2H3;1-2H3. The highest BCUT2D eigenvalue weighted by molar-refractivity contribution is 5.55. The summed E-state index contributed by atoms with van der Waals surface area (Å²) in [7, 11) is 2.00. The highest BCUT2D eigenvalue weighted by Crippen LogP contribution is 2.16. The SMILES string of the molecule is CC.Cc1ccc(-c2nccn2C)cc1. The zero-order chi connectivity index (χ0) is 11.3. The summed E-state index contributed by atoms with van der Waals surface area (Å²) in [5, 5.41) is 0. The minimum atomic E-state index is 1.01. The van der Waals surface area contributed by atoms with E-state index in [1.165, 1.54) is 5.56 Å². The average Bonchev–Trinajstić information content (AvgIpc) is 2.69. The predicted molar refractivity (Wildman–Crippen MR) is 64.7 cm³/mol. The Balaban J connectivity index is 0.000000531. The van der Waals surface area contributed by atoms with Crippen molar-refractivity contribution in [1.82, 2.24) is 9.55 Å². The second-order valence-corrected chi connectivity index (χ2v) is 3.23. The van der Waals surface area contributed by atoms with Gasteiger partial charge in [0.2, 0.25) is 0 Å². The summed E-state index contributed by atoms with van der Waals surface area (Å²) in [5.41, 5.74) is 2.44. The summed E-state index contributed by atoms with van der Waals surface area (Å²) in [6.07, 6.45) is 3.77. The fourth-order valence-electron chi connectivity index (χ4n) is 1.35. The van der Waals surface area contributed by atoms with Gasteiger partial charge in [0.25, 0.3) is 0 Å². The lowest BCUT2D eigenvalue weighted by molar-refractivity contribution is 0.925. The van der Waals surface area contributed by atoms with Gasteiger partial charge in [-0.05, 0) is 6.92 Å². The Bertz CT molecular complexity index is 399. The average molecular weight is 202 g/mol. The van der Waals surface area contributed by atoms with E-state index in [1.807, 2.05) is 37.9 Å². The van der Waals surface area contributed by atoms with Gasteiger partial charge in [-0.1, -0.05) is 43.7 Å². The minimum absolute atomic E-state index is 1.01. The molecule has 80 valence electrons. The van der Waals surface area contributed by atoms with E-state index in [4.69, 9.17) is 0 Å². The van der Waals surface area contributed by atoms with Crippen LogP contribution in [-0.2, 0) is 7.05 Å². The third-order valence-electron chi connectivity index (χ3n) is 2.13. The smallest absolute Gasteiger partial charge is 0.139 e. The van der Waals surface area contributed by atoms with Gasteiger partial charge in [0.05, 0.1) is 0 Å². The van der Waals surface area contributed by atoms with Crippen molar-refractivity contribution in [3.63, 3.8) is 0 Å². The summed E-state index contributed by atoms with van der Waals surface area (Å²) in [6, 6.07) is 8.39. The number of imidazole rings is 1. The van der Waals surface area contributed by atoms with Gasteiger partial charge < -0.3 is 4.57 Å². The number of aromatic nitrogens is 2. The number of benzene rings is 1. The van der Waals surface area contributed by atoms with E-state index in [-0.39, 0.29) is 0 Å². The quantitative estimate of drug-likeness (QED) is 0.692. The normalized spacial score (nSPS) is 9.33. The number of hydrogen-bond acceptors (Lipinski definition) is 1. The first-order valence-electron chi connectivity index (χ1n) is 5.32. The zero-order valence-corrected chi connectivity index (χ0v) is 9.86. The van der Waals surface area contributed by atoms with Crippen LogP contribution in [0.5, 0.6) is 0 Å². The van der Waals surface area contributed by atoms with Crippen molar-refractivity contribution in [1.29, 1.82) is 0 Å². The van der Waals surface area contributed by atoms with Crippen LogP contribution < -0.4 is 0 Å². The van der Waals surface area contributed by atoms with Gasteiger partial charge >= 0.3 is 0 Å². The number of aryl methyl sites for hydroxylation is 2. The predicted octanol–water partition coefficient (Wildman–Crippen LogP) is 3.42. The van der Waals surface area contributed by atoms with Gasteiger partial charge in [-0.2, -0.15) is 0 Å². The molecule has 2 heteroatoms. The molecule has 0 aliphatic heterocycles. The first-order valence-corrected chi connectivity index (χ1v) is 5.32. The Labute approximate surface area is 91.6 Å². The van der Waals surface area contributed by atoms with Gasteiger partial charge in [-0.15, -0.1) is 0 Å². The molecule has 1 aromatic carbocycles. The van der Waals surface area contributed by atoms with E-state index >= 15 is 0 Å². The van der Waals surface area contributed by atoms with E-state index in [0.717, 1.165) is 11.4 Å². The Hall–Kier alpha value is -1.57. The largest absolute Gasteiger partial charge is 0.334 e. The van der Waals surface area contributed by atoms with Crippen LogP contribution in [0.4, 0.5) is 0 Å². The fraction of sp³-hybridized carbons (Fsp3) is 0.308. The van der Waals surface area contributed by atoms with Gasteiger partial charge in [-0.25, -0.2) is 4.98 Å². The van der Waals surface area contributed by atoms with E-state index in [1.54, 1.807) is 0 Å². The maximum atomic E-state index is 4.28. The summed E-state index contributed by atoms with van der Waals surface area (Å²) < 4.78 is 2.02. The maximum absolute atomic E-state index is 4.28. The first-order chi connectivity index (χ1) is 7.27. The number of hydrogen-bond donors (Lipinski definition) is 0. The minimum Gasteiger partial charge on any atom is -0.334 e. The topological polar surface area (TPSA) is 17.8 Å². The van der Waals surface area contributed by atoms with Crippen molar-refractivity contribution in [2.24, 2.45) is 7.05 Å². The molecule has 0 saturated carbocycles. The lowest BCUT2D eigenvalue weighted by atomic mass is 10.1. The molecular formula is C13H18N2. The van der Waals surface area contributed by atoms with E-state index in [0.29, 0.717) is 0 Å². The second kappa shape index (κ2) is 5.35. The van der Waals surface area contributed by atoms with Gasteiger partial charge in [0.1, 0.15) is 5.82 Å². The molecule has 0 spiro atoms. The molecule has 0 aliphatic carbocycles. The monoisotopic (exact) mass is 202 g/mol. The molecule has 0 radical (unpaired) electrons. The summed E-state index contributed by atoms with van der Waals surface area (Å²) in [5.74, 6) is 1.01. The third kappa shape index (κ3) is 2.69. The fourth-order valence-corrected chi connectivity index (χ4v) is 1.35. The van der Waals surface area contributed by atoms with Crippen LogP contribution in [0.2, 0.25) is 0 Å². The molecule has 2 nitrogen and oxygen atoms in total.